The van der Waals surface area contributed by atoms with Crippen LogP contribution in [0.4, 0.5) is 0 Å². The van der Waals surface area contributed by atoms with Gasteiger partial charge in [-0.15, -0.1) is 0 Å². The van der Waals surface area contributed by atoms with Gasteiger partial charge in [0.15, 0.2) is 0 Å². The zero-order valence-corrected chi connectivity index (χ0v) is 32.8. The summed E-state index contributed by atoms with van der Waals surface area (Å²) < 4.78 is 0. The normalized spacial score (nSPS) is 49.0. The minimum absolute atomic E-state index is 0.510. The molecule has 11 atom stereocenters. The second kappa shape index (κ2) is 12.6. The number of hydrogen-bond donors (Lipinski definition) is 0. The first-order valence-electron chi connectivity index (χ1n) is 20.6. The fourth-order valence-corrected chi connectivity index (χ4v) is 22.1. The van der Waals surface area contributed by atoms with Gasteiger partial charge < -0.3 is 0 Å². The highest BCUT2D eigenvalue weighted by molar-refractivity contribution is 6.80. The van der Waals surface area contributed by atoms with Crippen molar-refractivity contribution in [1.82, 2.24) is 0 Å². The quantitative estimate of drug-likeness (QED) is 0.274. The maximum Gasteiger partial charge on any atom is 0.0547 e. The van der Waals surface area contributed by atoms with E-state index in [2.05, 4.69) is 75.4 Å². The van der Waals surface area contributed by atoms with E-state index in [1.807, 2.05) is 0 Å². The maximum absolute atomic E-state index is 2.98. The molecule has 0 nitrogen and oxygen atoms in total. The first kappa shape index (κ1) is 34.1. The molecule has 6 fully saturated rings. The predicted octanol–water partition coefficient (Wildman–Crippen LogP) is 13.5. The summed E-state index contributed by atoms with van der Waals surface area (Å²) in [5.74, 6) is 13.4. The lowest BCUT2D eigenvalue weighted by Gasteiger charge is -2.50. The van der Waals surface area contributed by atoms with Gasteiger partial charge in [-0.2, -0.15) is 0 Å². The van der Waals surface area contributed by atoms with Crippen LogP contribution in [0.3, 0.4) is 0 Å². The molecule has 0 heterocycles. The predicted molar refractivity (Wildman–Crippen MR) is 196 cm³/mol. The molecule has 0 radical (unpaired) electrons. The third-order valence-electron chi connectivity index (χ3n) is 17.3. The SMILES string of the molecule is CC1CC2C(C3CCC(C(C)(C)C)CC3)CCCC2C1[Si](C)(C)C1C(C)C(C)C2C(C3CCC(C(C)(C)C)CC3)CCCC21. The van der Waals surface area contributed by atoms with Crippen molar-refractivity contribution in [1.29, 1.82) is 0 Å². The summed E-state index contributed by atoms with van der Waals surface area (Å²) in [5.41, 5.74) is 3.21. The Hall–Kier alpha value is 0.217. The lowest BCUT2D eigenvalue weighted by Crippen LogP contribution is -2.48. The summed E-state index contributed by atoms with van der Waals surface area (Å²) in [5, 5.41) is 0. The first-order valence-corrected chi connectivity index (χ1v) is 23.8. The Kier molecular flexibility index (Phi) is 9.76. The zero-order chi connectivity index (χ0) is 31.8. The van der Waals surface area contributed by atoms with Crippen LogP contribution in [0.1, 0.15) is 159 Å². The highest BCUT2D eigenvalue weighted by Crippen LogP contribution is 2.68. The molecule has 0 aromatic heterocycles. The first-order chi connectivity index (χ1) is 20.6. The monoisotopic (exact) mass is 623 g/mol. The van der Waals surface area contributed by atoms with E-state index in [1.165, 1.54) is 25.7 Å². The van der Waals surface area contributed by atoms with Crippen molar-refractivity contribution in [2.24, 2.45) is 87.8 Å². The molecule has 0 aromatic rings. The minimum Gasteiger partial charge on any atom is -0.0689 e. The zero-order valence-electron chi connectivity index (χ0n) is 31.8. The molecule has 1 heteroatoms. The topological polar surface area (TPSA) is 0 Å². The summed E-state index contributed by atoms with van der Waals surface area (Å²) in [6.07, 6.45) is 23.3. The summed E-state index contributed by atoms with van der Waals surface area (Å²) in [4.78, 5) is 0. The van der Waals surface area contributed by atoms with Gasteiger partial charge in [0, 0.05) is 0 Å². The smallest absolute Gasteiger partial charge is 0.0547 e. The standard InChI is InChI=1S/C43H78Si/c1-27-26-38-34(30-18-22-32(23-19-30)42(4,5)6)14-12-16-36(38)40(27)44(10,11)41-29(3)28(2)39-35(15-13-17-37(39)41)31-20-24-33(25-21-31)43(7,8)9/h27-41H,12-26H2,1-11H3. The average molecular weight is 623 g/mol. The molecule has 6 rings (SSSR count). The molecular weight excluding hydrogens is 545 g/mol. The molecule has 0 spiro atoms. The van der Waals surface area contributed by atoms with Crippen LogP contribution in [-0.2, 0) is 0 Å². The highest BCUT2D eigenvalue weighted by atomic mass is 28.3. The van der Waals surface area contributed by atoms with Crippen molar-refractivity contribution in [3.05, 3.63) is 0 Å². The Morgan fingerprint density at radius 3 is 1.43 bits per heavy atom. The van der Waals surface area contributed by atoms with Crippen LogP contribution >= 0.6 is 0 Å². The molecule has 0 saturated heterocycles. The van der Waals surface area contributed by atoms with Crippen molar-refractivity contribution in [3.63, 3.8) is 0 Å². The van der Waals surface area contributed by atoms with Crippen LogP contribution in [0, 0.1) is 87.8 Å². The van der Waals surface area contributed by atoms with E-state index in [0.717, 1.165) is 88.0 Å². The van der Waals surface area contributed by atoms with Gasteiger partial charge >= 0.3 is 0 Å². The van der Waals surface area contributed by atoms with Gasteiger partial charge in [0.05, 0.1) is 8.07 Å². The van der Waals surface area contributed by atoms with Gasteiger partial charge in [0.25, 0.3) is 0 Å². The third-order valence-corrected chi connectivity index (χ3v) is 22.7. The van der Waals surface area contributed by atoms with E-state index in [9.17, 15) is 0 Å². The molecular formula is C43H78Si. The fraction of sp³-hybridized carbons (Fsp3) is 1.00. The fourth-order valence-electron chi connectivity index (χ4n) is 15.4. The summed E-state index contributed by atoms with van der Waals surface area (Å²) >= 11 is 0. The van der Waals surface area contributed by atoms with E-state index < -0.39 is 8.07 Å². The maximum atomic E-state index is 2.98. The molecule has 254 valence electrons. The van der Waals surface area contributed by atoms with Gasteiger partial charge in [-0.05, 0) is 169 Å². The molecule has 0 bridgehead atoms. The van der Waals surface area contributed by atoms with Gasteiger partial charge in [-0.1, -0.05) is 101 Å². The van der Waals surface area contributed by atoms with Crippen molar-refractivity contribution in [2.45, 2.75) is 183 Å². The average Bonchev–Trinajstić information content (AvgIpc) is 3.45. The number of fused-ring (bicyclic) bond motifs is 2. The molecule has 11 unspecified atom stereocenters. The van der Waals surface area contributed by atoms with E-state index in [-0.39, 0.29) is 0 Å². The second-order valence-electron chi connectivity index (χ2n) is 21.5. The van der Waals surface area contributed by atoms with E-state index >= 15 is 0 Å². The molecule has 0 N–H and O–H groups in total. The summed E-state index contributed by atoms with van der Waals surface area (Å²) in [6, 6.07) is 0. The molecule has 0 aliphatic heterocycles. The van der Waals surface area contributed by atoms with Crippen LogP contribution in [0.5, 0.6) is 0 Å². The summed E-state index contributed by atoms with van der Waals surface area (Å²) in [6.45, 7) is 29.3. The van der Waals surface area contributed by atoms with Gasteiger partial charge in [-0.25, -0.2) is 0 Å². The Bertz CT molecular complexity index is 948. The summed E-state index contributed by atoms with van der Waals surface area (Å²) in [7, 11) is -1.45. The Balaban J connectivity index is 1.17. The van der Waals surface area contributed by atoms with E-state index in [1.54, 1.807) is 70.6 Å². The van der Waals surface area contributed by atoms with E-state index in [0.29, 0.717) is 10.8 Å². The molecule has 44 heavy (non-hydrogen) atoms. The van der Waals surface area contributed by atoms with E-state index in [4.69, 9.17) is 0 Å². The van der Waals surface area contributed by atoms with Crippen molar-refractivity contribution >= 4 is 8.07 Å². The molecule has 0 aromatic carbocycles. The Morgan fingerprint density at radius 1 is 0.455 bits per heavy atom. The molecule has 6 aliphatic rings. The van der Waals surface area contributed by atoms with Crippen molar-refractivity contribution in [3.8, 4) is 0 Å². The Labute approximate surface area is 277 Å². The van der Waals surface area contributed by atoms with Crippen LogP contribution < -0.4 is 0 Å². The van der Waals surface area contributed by atoms with Gasteiger partial charge in [-0.3, -0.25) is 0 Å². The molecule has 0 amide bonds. The third kappa shape index (κ3) is 6.12. The second-order valence-corrected chi connectivity index (χ2v) is 26.5. The van der Waals surface area contributed by atoms with Gasteiger partial charge in [0.2, 0.25) is 0 Å². The Morgan fingerprint density at radius 2 is 0.909 bits per heavy atom. The lowest BCUT2D eigenvalue weighted by atomic mass is 9.60. The largest absolute Gasteiger partial charge is 0.0689 e. The molecule has 6 aliphatic carbocycles. The lowest BCUT2D eigenvalue weighted by molar-refractivity contribution is 0.0473. The van der Waals surface area contributed by atoms with Crippen molar-refractivity contribution in [2.75, 3.05) is 0 Å². The number of rotatable bonds is 4. The van der Waals surface area contributed by atoms with Crippen LogP contribution in [-0.4, -0.2) is 8.07 Å². The van der Waals surface area contributed by atoms with Gasteiger partial charge in [0.1, 0.15) is 0 Å². The minimum atomic E-state index is -1.45. The van der Waals surface area contributed by atoms with Crippen LogP contribution in [0.2, 0.25) is 24.2 Å². The number of hydrogen-bond acceptors (Lipinski definition) is 0. The highest BCUT2D eigenvalue weighted by Gasteiger charge is 2.62. The van der Waals surface area contributed by atoms with Crippen LogP contribution in [0.25, 0.3) is 0 Å². The molecule has 6 saturated carbocycles. The van der Waals surface area contributed by atoms with Crippen molar-refractivity contribution < 1.29 is 0 Å². The van der Waals surface area contributed by atoms with Crippen LogP contribution in [0.15, 0.2) is 0 Å².